The Labute approximate surface area is 121 Å². The van der Waals surface area contributed by atoms with E-state index in [4.69, 9.17) is 0 Å². The van der Waals surface area contributed by atoms with E-state index in [1.54, 1.807) is 0 Å². The van der Waals surface area contributed by atoms with Crippen molar-refractivity contribution in [2.45, 2.75) is 19.1 Å². The lowest BCUT2D eigenvalue weighted by Gasteiger charge is -2.17. The van der Waals surface area contributed by atoms with E-state index in [1.165, 1.54) is 16.2 Å². The predicted molar refractivity (Wildman–Crippen MR) is 89.7 cm³/mol. The van der Waals surface area contributed by atoms with E-state index in [0.717, 1.165) is 19.1 Å². The quantitative estimate of drug-likeness (QED) is 0.477. The van der Waals surface area contributed by atoms with Gasteiger partial charge in [0, 0.05) is 0 Å². The maximum absolute atomic E-state index is 3.86. The van der Waals surface area contributed by atoms with Crippen molar-refractivity contribution < 1.29 is 0 Å². The van der Waals surface area contributed by atoms with E-state index >= 15 is 0 Å². The number of allylic oxidation sites excluding steroid dienone is 4. The summed E-state index contributed by atoms with van der Waals surface area (Å²) in [6, 6.07) is 10.4. The highest BCUT2D eigenvalue weighted by Crippen LogP contribution is 2.25. The highest BCUT2D eigenvalue weighted by atomic mass is 28.1. The van der Waals surface area contributed by atoms with Gasteiger partial charge in [0.05, 0.1) is 10.2 Å². The van der Waals surface area contributed by atoms with Crippen LogP contribution in [-0.2, 0) is 0 Å². The first-order valence-electron chi connectivity index (χ1n) is 6.57. The molecule has 0 aromatic heterocycles. The van der Waals surface area contributed by atoms with Crippen molar-refractivity contribution in [2.24, 2.45) is 0 Å². The fraction of sp³-hybridized carbons (Fsp3) is 0.176. The smallest absolute Gasteiger partial charge is 0.112 e. The summed E-state index contributed by atoms with van der Waals surface area (Å²) in [7, 11) is 3.84. The minimum Gasteiger partial charge on any atom is -0.112 e. The fourth-order valence-corrected chi connectivity index (χ4v) is 2.63. The Balaban J connectivity index is 3.18. The lowest BCUT2D eigenvalue weighted by atomic mass is 9.43. The third-order valence-corrected chi connectivity index (χ3v) is 3.82. The van der Waals surface area contributed by atoms with Gasteiger partial charge in [-0.05, 0) is 12.0 Å². The van der Waals surface area contributed by atoms with E-state index in [0.29, 0.717) is 6.71 Å². The second-order valence-corrected chi connectivity index (χ2v) is 5.04. The molecule has 0 aliphatic rings. The standard InChI is InChI=1S/C17H20BSi/c1-4-10-16(15-11-8-7-9-12-15)17(19)18(13-5-2)14-6-3/h4-9,11-12H,1-3,10,13-14H2. The number of hydrogen-bond donors (Lipinski definition) is 0. The summed E-state index contributed by atoms with van der Waals surface area (Å²) < 4.78 is 0. The minimum atomic E-state index is 0.404. The Morgan fingerprint density at radius 2 is 1.58 bits per heavy atom. The monoisotopic (exact) mass is 263 g/mol. The van der Waals surface area contributed by atoms with Gasteiger partial charge in [-0.15, -0.1) is 24.8 Å². The van der Waals surface area contributed by atoms with Gasteiger partial charge in [0.1, 0.15) is 0 Å². The molecular weight excluding hydrogens is 243 g/mol. The van der Waals surface area contributed by atoms with Crippen LogP contribution >= 0.6 is 0 Å². The third kappa shape index (κ3) is 4.57. The van der Waals surface area contributed by atoms with Gasteiger partial charge in [-0.3, -0.25) is 0 Å². The predicted octanol–water partition coefficient (Wildman–Crippen LogP) is 4.55. The first kappa shape index (κ1) is 15.5. The summed E-state index contributed by atoms with van der Waals surface area (Å²) in [4.78, 5) is 0. The largest absolute Gasteiger partial charge is 0.173 e. The van der Waals surface area contributed by atoms with Crippen LogP contribution in [-0.4, -0.2) is 17.0 Å². The zero-order chi connectivity index (χ0) is 14.1. The topological polar surface area (TPSA) is 0 Å². The summed E-state index contributed by atoms with van der Waals surface area (Å²) in [6.45, 7) is 12.0. The molecule has 0 amide bonds. The second kappa shape index (κ2) is 8.54. The zero-order valence-corrected chi connectivity index (χ0v) is 12.4. The summed E-state index contributed by atoms with van der Waals surface area (Å²) in [6.07, 6.45) is 8.61. The van der Waals surface area contributed by atoms with Crippen molar-refractivity contribution in [3.8, 4) is 0 Å². The molecule has 0 saturated carbocycles. The SMILES string of the molecule is C=CCB(CC=C)C([Si])=C(CC=C)c1ccccc1. The molecular formula is C17H20BSi. The molecule has 95 valence electrons. The minimum absolute atomic E-state index is 0.404. The lowest BCUT2D eigenvalue weighted by molar-refractivity contribution is 1.39. The number of rotatable bonds is 8. The normalized spacial score (nSPS) is 11.4. The molecule has 0 spiro atoms. The zero-order valence-electron chi connectivity index (χ0n) is 11.4. The molecule has 1 aromatic carbocycles. The van der Waals surface area contributed by atoms with Gasteiger partial charge in [0.2, 0.25) is 0 Å². The molecule has 0 heterocycles. The molecule has 1 aromatic rings. The Morgan fingerprint density at radius 1 is 1.00 bits per heavy atom. The summed E-state index contributed by atoms with van der Waals surface area (Å²) in [5.74, 6) is 0. The third-order valence-electron chi connectivity index (χ3n) is 3.11. The van der Waals surface area contributed by atoms with Crippen LogP contribution in [0.3, 0.4) is 0 Å². The van der Waals surface area contributed by atoms with Crippen molar-refractivity contribution in [3.05, 3.63) is 79.0 Å². The molecule has 0 fully saturated rings. The average molecular weight is 263 g/mol. The van der Waals surface area contributed by atoms with Crippen molar-refractivity contribution in [2.75, 3.05) is 0 Å². The Morgan fingerprint density at radius 3 is 2.05 bits per heavy atom. The average Bonchev–Trinajstić information content (AvgIpc) is 2.45. The van der Waals surface area contributed by atoms with Gasteiger partial charge >= 0.3 is 0 Å². The highest BCUT2D eigenvalue weighted by Gasteiger charge is 2.16. The van der Waals surface area contributed by atoms with Gasteiger partial charge < -0.3 is 0 Å². The van der Waals surface area contributed by atoms with Crippen LogP contribution < -0.4 is 0 Å². The second-order valence-electron chi connectivity index (χ2n) is 4.50. The molecule has 0 aliphatic heterocycles. The van der Waals surface area contributed by atoms with Crippen molar-refractivity contribution >= 4 is 22.5 Å². The van der Waals surface area contributed by atoms with Crippen LogP contribution in [0.2, 0.25) is 12.6 Å². The van der Waals surface area contributed by atoms with Gasteiger partial charge in [0.15, 0.2) is 6.71 Å². The fourth-order valence-electron chi connectivity index (χ4n) is 2.15. The van der Waals surface area contributed by atoms with Crippen LogP contribution in [0.25, 0.3) is 5.57 Å². The maximum Gasteiger partial charge on any atom is 0.173 e. The van der Waals surface area contributed by atoms with Crippen LogP contribution in [0.1, 0.15) is 12.0 Å². The van der Waals surface area contributed by atoms with Crippen LogP contribution in [0.5, 0.6) is 0 Å². The van der Waals surface area contributed by atoms with Crippen molar-refractivity contribution in [1.29, 1.82) is 0 Å². The van der Waals surface area contributed by atoms with E-state index in [1.807, 2.05) is 24.3 Å². The van der Waals surface area contributed by atoms with Gasteiger partial charge in [-0.1, -0.05) is 66.8 Å². The molecule has 19 heavy (non-hydrogen) atoms. The first-order chi connectivity index (χ1) is 9.24. The Hall–Kier alpha value is -1.54. The summed E-state index contributed by atoms with van der Waals surface area (Å²) in [5, 5.41) is 1.23. The number of hydrogen-bond acceptors (Lipinski definition) is 0. The molecule has 0 atom stereocenters. The molecule has 0 unspecified atom stereocenters. The van der Waals surface area contributed by atoms with Gasteiger partial charge in [-0.2, -0.15) is 0 Å². The molecule has 1 rings (SSSR count). The van der Waals surface area contributed by atoms with Crippen molar-refractivity contribution in [1.82, 2.24) is 0 Å². The number of benzene rings is 1. The first-order valence-corrected chi connectivity index (χ1v) is 7.07. The Bertz CT molecular complexity index is 449. The van der Waals surface area contributed by atoms with Crippen LogP contribution in [0.4, 0.5) is 0 Å². The van der Waals surface area contributed by atoms with E-state index in [2.05, 4.69) is 54.2 Å². The van der Waals surface area contributed by atoms with E-state index in [9.17, 15) is 0 Å². The summed E-state index contributed by atoms with van der Waals surface area (Å²) in [5.41, 5.74) is 2.53. The molecule has 0 nitrogen and oxygen atoms in total. The molecule has 0 bridgehead atoms. The van der Waals surface area contributed by atoms with Gasteiger partial charge in [0.25, 0.3) is 0 Å². The van der Waals surface area contributed by atoms with Crippen LogP contribution in [0, 0.1) is 0 Å². The van der Waals surface area contributed by atoms with Crippen molar-refractivity contribution in [3.63, 3.8) is 0 Å². The maximum atomic E-state index is 3.86. The Kier molecular flexibility index (Phi) is 6.98. The van der Waals surface area contributed by atoms with Gasteiger partial charge in [-0.25, -0.2) is 0 Å². The summed E-state index contributed by atoms with van der Waals surface area (Å²) >= 11 is 0. The highest BCUT2D eigenvalue weighted by molar-refractivity contribution is 6.78. The molecule has 0 aliphatic carbocycles. The lowest BCUT2D eigenvalue weighted by Crippen LogP contribution is -2.16. The molecule has 0 saturated heterocycles. The molecule has 0 N–H and O–H groups in total. The molecule has 2 heteroatoms. The van der Waals surface area contributed by atoms with E-state index < -0.39 is 0 Å². The molecule has 3 radical (unpaired) electrons. The van der Waals surface area contributed by atoms with E-state index in [-0.39, 0.29) is 0 Å². The van der Waals surface area contributed by atoms with Crippen LogP contribution in [0.15, 0.2) is 73.4 Å².